The lowest BCUT2D eigenvalue weighted by atomic mass is 9.95. The Hall–Kier alpha value is -5.26. The van der Waals surface area contributed by atoms with Crippen molar-refractivity contribution in [2.24, 2.45) is 0 Å². The number of aryl methyl sites for hydroxylation is 1. The van der Waals surface area contributed by atoms with Gasteiger partial charge in [-0.1, -0.05) is 66.7 Å². The third kappa shape index (κ3) is 9.62. The maximum absolute atomic E-state index is 12.7. The van der Waals surface area contributed by atoms with Crippen molar-refractivity contribution in [3.63, 3.8) is 0 Å². The van der Waals surface area contributed by atoms with Gasteiger partial charge >= 0.3 is 18.1 Å². The monoisotopic (exact) mass is 620 g/mol. The summed E-state index contributed by atoms with van der Waals surface area (Å²) in [6.07, 6.45) is -3.85. The molecule has 0 radical (unpaired) electrons. The number of hydrogen-bond acceptors (Lipinski definition) is 7. The Bertz CT molecular complexity index is 1670. The zero-order valence-corrected chi connectivity index (χ0v) is 24.3. The Morgan fingerprint density at radius 2 is 1.64 bits per heavy atom. The molecule has 0 aliphatic heterocycles. The fourth-order valence-electron chi connectivity index (χ4n) is 4.60. The molecule has 45 heavy (non-hydrogen) atoms. The number of nitrogens with zero attached hydrogens (tertiary/aromatic N) is 1. The van der Waals surface area contributed by atoms with E-state index in [1.807, 2.05) is 61.5 Å². The highest BCUT2D eigenvalue weighted by atomic mass is 19.4. The van der Waals surface area contributed by atoms with Crippen molar-refractivity contribution in [2.45, 2.75) is 38.4 Å². The van der Waals surface area contributed by atoms with Crippen molar-refractivity contribution in [2.75, 3.05) is 18.4 Å². The number of amides is 2. The molecule has 0 saturated heterocycles. The van der Waals surface area contributed by atoms with Crippen LogP contribution in [-0.4, -0.2) is 48.0 Å². The average Bonchev–Trinajstić information content (AvgIpc) is 3.01. The summed E-state index contributed by atoms with van der Waals surface area (Å²) in [5.74, 6) is -4.52. The number of pyridine rings is 1. The van der Waals surface area contributed by atoms with E-state index in [1.54, 1.807) is 30.5 Å². The van der Waals surface area contributed by atoms with Crippen LogP contribution in [0.15, 0.2) is 85.1 Å². The van der Waals surface area contributed by atoms with Gasteiger partial charge in [0.2, 0.25) is 11.8 Å². The van der Waals surface area contributed by atoms with Gasteiger partial charge in [0.05, 0.1) is 19.0 Å². The molecular weight excluding hydrogens is 589 g/mol. The van der Waals surface area contributed by atoms with Crippen LogP contribution in [0.5, 0.6) is 0 Å². The highest BCUT2D eigenvalue weighted by molar-refractivity contribution is 5.96. The highest BCUT2D eigenvalue weighted by Crippen LogP contribution is 2.30. The molecule has 0 aliphatic carbocycles. The number of esters is 2. The van der Waals surface area contributed by atoms with Crippen molar-refractivity contribution in [1.82, 2.24) is 15.6 Å². The van der Waals surface area contributed by atoms with Crippen LogP contribution in [0.4, 0.5) is 19.0 Å². The molecule has 1 aromatic heterocycles. The van der Waals surface area contributed by atoms with Crippen LogP contribution in [0.2, 0.25) is 0 Å². The van der Waals surface area contributed by atoms with E-state index >= 15 is 0 Å². The number of alkyl halides is 3. The fourth-order valence-corrected chi connectivity index (χ4v) is 4.60. The van der Waals surface area contributed by atoms with Gasteiger partial charge in [-0.05, 0) is 58.5 Å². The molecule has 1 atom stereocenters. The SMILES string of the molecule is Cc1ccnc(NCCCC(=O)NCC(=O)NC(CC(=O)OC(=O)C(F)(F)F)c2ccc(-c3cccc4ccccc34)cc2)c1. The number of carbonyl (C=O) groups excluding carboxylic acids is 4. The molecule has 4 aromatic rings. The van der Waals surface area contributed by atoms with E-state index < -0.39 is 48.9 Å². The van der Waals surface area contributed by atoms with Crippen LogP contribution in [-0.2, 0) is 23.9 Å². The molecule has 0 bridgehead atoms. The van der Waals surface area contributed by atoms with E-state index in [9.17, 15) is 32.3 Å². The summed E-state index contributed by atoms with van der Waals surface area (Å²) >= 11 is 0. The Labute approximate surface area is 257 Å². The molecule has 3 aromatic carbocycles. The lowest BCUT2D eigenvalue weighted by Gasteiger charge is -2.19. The molecule has 12 heteroatoms. The topological polar surface area (TPSA) is 126 Å². The van der Waals surface area contributed by atoms with Crippen LogP contribution in [0.25, 0.3) is 21.9 Å². The molecule has 9 nitrogen and oxygen atoms in total. The summed E-state index contributed by atoms with van der Waals surface area (Å²) in [6.45, 7) is 1.97. The molecule has 234 valence electrons. The summed E-state index contributed by atoms with van der Waals surface area (Å²) in [7, 11) is 0. The number of rotatable bonds is 12. The van der Waals surface area contributed by atoms with E-state index in [1.165, 1.54) is 0 Å². The van der Waals surface area contributed by atoms with Crippen LogP contribution in [0.1, 0.15) is 36.4 Å². The summed E-state index contributed by atoms with van der Waals surface area (Å²) < 4.78 is 41.9. The zero-order valence-electron chi connectivity index (χ0n) is 24.3. The minimum atomic E-state index is -5.36. The van der Waals surface area contributed by atoms with E-state index in [-0.39, 0.29) is 6.42 Å². The minimum absolute atomic E-state index is 0.122. The summed E-state index contributed by atoms with van der Waals surface area (Å²) in [5, 5.41) is 10.2. The van der Waals surface area contributed by atoms with Crippen LogP contribution in [0, 0.1) is 6.92 Å². The van der Waals surface area contributed by atoms with Crippen molar-refractivity contribution >= 4 is 40.3 Å². The van der Waals surface area contributed by atoms with Crippen LogP contribution < -0.4 is 16.0 Å². The molecule has 4 rings (SSSR count). The number of benzene rings is 3. The lowest BCUT2D eigenvalue weighted by Crippen LogP contribution is -2.39. The first kappa shape index (κ1) is 32.6. The number of hydrogen-bond donors (Lipinski definition) is 3. The van der Waals surface area contributed by atoms with Gasteiger partial charge in [0.1, 0.15) is 5.82 Å². The highest BCUT2D eigenvalue weighted by Gasteiger charge is 2.42. The maximum Gasteiger partial charge on any atom is 0.491 e. The standard InChI is InChI=1S/C33H31F3N4O5/c1-21-15-17-38-28(18-21)37-16-5-10-29(41)39-20-30(42)40-27(19-31(43)45-32(44)33(34,35)36)24-13-11-23(12-14-24)26-9-4-7-22-6-2-3-8-25(22)26/h2-4,6-9,11-15,17-18,27H,5,10,16,19-20H2,1H3,(H,37,38)(H,39,41)(H,40,42). The molecule has 0 aliphatic rings. The number of halogens is 3. The smallest absolute Gasteiger partial charge is 0.386 e. The van der Waals surface area contributed by atoms with Crippen LogP contribution in [0.3, 0.4) is 0 Å². The predicted molar refractivity (Wildman–Crippen MR) is 162 cm³/mol. The molecule has 0 fully saturated rings. The quantitative estimate of drug-likeness (QED) is 0.110. The van der Waals surface area contributed by atoms with Gasteiger partial charge < -0.3 is 20.7 Å². The van der Waals surface area contributed by atoms with Gasteiger partial charge in [0.15, 0.2) is 0 Å². The average molecular weight is 621 g/mol. The Kier molecular flexibility index (Phi) is 10.9. The summed E-state index contributed by atoms with van der Waals surface area (Å²) in [5.41, 5.74) is 3.18. The summed E-state index contributed by atoms with van der Waals surface area (Å²) in [6, 6.07) is 23.0. The maximum atomic E-state index is 12.7. The van der Waals surface area contributed by atoms with Gasteiger partial charge in [0, 0.05) is 19.2 Å². The molecule has 3 N–H and O–H groups in total. The Balaban J connectivity index is 1.38. The van der Waals surface area contributed by atoms with Crippen molar-refractivity contribution < 1.29 is 37.1 Å². The second-order valence-electron chi connectivity index (χ2n) is 10.3. The number of aromatic nitrogens is 1. The first-order valence-corrected chi connectivity index (χ1v) is 14.1. The third-order valence-corrected chi connectivity index (χ3v) is 6.81. The largest absolute Gasteiger partial charge is 0.491 e. The van der Waals surface area contributed by atoms with Crippen LogP contribution >= 0.6 is 0 Å². The molecule has 1 unspecified atom stereocenters. The van der Waals surface area contributed by atoms with Crippen molar-refractivity contribution in [3.05, 3.63) is 96.2 Å². The third-order valence-electron chi connectivity index (χ3n) is 6.81. The number of carbonyl (C=O) groups is 4. The number of fused-ring (bicyclic) bond motifs is 1. The predicted octanol–water partition coefficient (Wildman–Crippen LogP) is 5.40. The molecule has 0 spiro atoms. The van der Waals surface area contributed by atoms with E-state index in [2.05, 4.69) is 25.7 Å². The van der Waals surface area contributed by atoms with Gasteiger partial charge in [0.25, 0.3) is 0 Å². The number of nitrogens with one attached hydrogen (secondary N) is 3. The van der Waals surface area contributed by atoms with E-state index in [0.29, 0.717) is 24.3 Å². The molecule has 2 amide bonds. The molecule has 0 saturated carbocycles. The molecular formula is C33H31F3N4O5. The first-order chi connectivity index (χ1) is 21.5. The second-order valence-corrected chi connectivity index (χ2v) is 10.3. The second kappa shape index (κ2) is 15.0. The number of ether oxygens (including phenoxy) is 1. The van der Waals surface area contributed by atoms with E-state index in [0.717, 1.165) is 27.5 Å². The molecule has 1 heterocycles. The Morgan fingerprint density at radius 3 is 2.38 bits per heavy atom. The lowest BCUT2D eigenvalue weighted by molar-refractivity contribution is -0.202. The summed E-state index contributed by atoms with van der Waals surface area (Å²) in [4.78, 5) is 52.6. The zero-order chi connectivity index (χ0) is 32.4. The number of anilines is 1. The van der Waals surface area contributed by atoms with Gasteiger partial charge in [-0.15, -0.1) is 0 Å². The fraction of sp³-hybridized carbons (Fsp3) is 0.242. The van der Waals surface area contributed by atoms with Gasteiger partial charge in [-0.3, -0.25) is 14.4 Å². The van der Waals surface area contributed by atoms with E-state index in [4.69, 9.17) is 0 Å². The normalized spacial score (nSPS) is 11.8. The van der Waals surface area contributed by atoms with Crippen molar-refractivity contribution in [3.8, 4) is 11.1 Å². The van der Waals surface area contributed by atoms with Crippen molar-refractivity contribution in [1.29, 1.82) is 0 Å². The van der Waals surface area contributed by atoms with Gasteiger partial charge in [-0.25, -0.2) is 9.78 Å². The minimum Gasteiger partial charge on any atom is -0.386 e. The Morgan fingerprint density at radius 1 is 0.911 bits per heavy atom. The first-order valence-electron chi connectivity index (χ1n) is 14.1. The van der Waals surface area contributed by atoms with Gasteiger partial charge in [-0.2, -0.15) is 13.2 Å².